The Morgan fingerprint density at radius 3 is 2.37 bits per heavy atom. The molecule has 0 saturated heterocycles. The smallest absolute Gasteiger partial charge is 0.316 e. The number of benzene rings is 1. The Bertz CT molecular complexity index is 511. The number of nitrogens with one attached hydrogen (secondary N) is 1. The van der Waals surface area contributed by atoms with Crippen molar-refractivity contribution in [2.75, 3.05) is 5.32 Å². The maximum absolute atomic E-state index is 12.1. The minimum absolute atomic E-state index is 0.528. The Hall–Kier alpha value is -0.820. The molecule has 0 radical (unpaired) electrons. The highest BCUT2D eigenvalue weighted by molar-refractivity contribution is 14.1. The molecule has 1 amide bonds. The standard InChI is InChI=1S/C13H15ClINO3/c1-13(2,3)10(12(18)19)11(17)16-9-5-4-7(14)6-8(9)15/h4-6,10H,1-3H3,(H,16,17)(H,18,19). The van der Waals surface area contributed by atoms with E-state index in [0.29, 0.717) is 10.7 Å². The molecule has 1 aromatic carbocycles. The topological polar surface area (TPSA) is 66.4 Å². The fourth-order valence-electron chi connectivity index (χ4n) is 1.67. The molecule has 0 heterocycles. The molecule has 6 heteroatoms. The molecule has 0 aliphatic heterocycles. The van der Waals surface area contributed by atoms with E-state index in [9.17, 15) is 14.7 Å². The number of carbonyl (C=O) groups excluding carboxylic acids is 1. The first kappa shape index (κ1) is 16.2. The monoisotopic (exact) mass is 395 g/mol. The van der Waals surface area contributed by atoms with Crippen molar-refractivity contribution in [1.29, 1.82) is 0 Å². The van der Waals surface area contributed by atoms with Crippen LogP contribution in [0.3, 0.4) is 0 Å². The summed E-state index contributed by atoms with van der Waals surface area (Å²) in [5.41, 5.74) is -0.0983. The van der Waals surface area contributed by atoms with Gasteiger partial charge in [-0.2, -0.15) is 0 Å². The molecule has 0 saturated carbocycles. The van der Waals surface area contributed by atoms with Crippen LogP contribution in [0.4, 0.5) is 5.69 Å². The molecule has 4 nitrogen and oxygen atoms in total. The van der Waals surface area contributed by atoms with E-state index < -0.39 is 23.2 Å². The zero-order chi connectivity index (χ0) is 14.8. The normalized spacial score (nSPS) is 12.9. The van der Waals surface area contributed by atoms with Gasteiger partial charge in [0.1, 0.15) is 5.92 Å². The van der Waals surface area contributed by atoms with Crippen LogP contribution in [0, 0.1) is 14.9 Å². The molecule has 0 bridgehead atoms. The van der Waals surface area contributed by atoms with Crippen molar-refractivity contribution in [2.45, 2.75) is 20.8 Å². The molecule has 0 aliphatic rings. The highest BCUT2D eigenvalue weighted by Gasteiger charge is 2.37. The van der Waals surface area contributed by atoms with Gasteiger partial charge in [-0.05, 0) is 46.2 Å². The molecule has 0 fully saturated rings. The summed E-state index contributed by atoms with van der Waals surface area (Å²) in [5, 5.41) is 12.4. The molecule has 1 rings (SSSR count). The number of carboxylic acids is 1. The summed E-state index contributed by atoms with van der Waals surface area (Å²) in [6, 6.07) is 5.00. The summed E-state index contributed by atoms with van der Waals surface area (Å²) in [4.78, 5) is 23.3. The van der Waals surface area contributed by atoms with E-state index in [4.69, 9.17) is 11.6 Å². The predicted molar refractivity (Wildman–Crippen MR) is 83.4 cm³/mol. The van der Waals surface area contributed by atoms with E-state index >= 15 is 0 Å². The lowest BCUT2D eigenvalue weighted by atomic mass is 9.80. The second kappa shape index (κ2) is 6.09. The molecule has 1 aromatic rings. The Kier molecular flexibility index (Phi) is 5.20. The molecule has 0 aromatic heterocycles. The van der Waals surface area contributed by atoms with Gasteiger partial charge in [-0.15, -0.1) is 0 Å². The summed E-state index contributed by atoms with van der Waals surface area (Å²) in [7, 11) is 0. The van der Waals surface area contributed by atoms with Crippen molar-refractivity contribution in [1.82, 2.24) is 0 Å². The van der Waals surface area contributed by atoms with Gasteiger partial charge in [0.25, 0.3) is 0 Å². The first-order valence-electron chi connectivity index (χ1n) is 5.61. The summed E-state index contributed by atoms with van der Waals surface area (Å²) in [6.45, 7) is 5.16. The van der Waals surface area contributed by atoms with Gasteiger partial charge in [0.2, 0.25) is 5.91 Å². The zero-order valence-corrected chi connectivity index (χ0v) is 13.7. The maximum Gasteiger partial charge on any atom is 0.316 e. The lowest BCUT2D eigenvalue weighted by Gasteiger charge is -2.26. The number of anilines is 1. The first-order valence-corrected chi connectivity index (χ1v) is 7.07. The van der Waals surface area contributed by atoms with Gasteiger partial charge in [-0.3, -0.25) is 9.59 Å². The average Bonchev–Trinajstić information content (AvgIpc) is 2.19. The highest BCUT2D eigenvalue weighted by atomic mass is 127. The van der Waals surface area contributed by atoms with Gasteiger partial charge in [-0.25, -0.2) is 0 Å². The van der Waals surface area contributed by atoms with E-state index in [-0.39, 0.29) is 0 Å². The van der Waals surface area contributed by atoms with Crippen molar-refractivity contribution in [2.24, 2.45) is 11.3 Å². The van der Waals surface area contributed by atoms with Gasteiger partial charge in [0, 0.05) is 8.59 Å². The lowest BCUT2D eigenvalue weighted by molar-refractivity contribution is -0.149. The van der Waals surface area contributed by atoms with Crippen molar-refractivity contribution in [3.05, 3.63) is 26.8 Å². The van der Waals surface area contributed by atoms with E-state index in [2.05, 4.69) is 5.32 Å². The highest BCUT2D eigenvalue weighted by Crippen LogP contribution is 2.29. The quantitative estimate of drug-likeness (QED) is 0.607. The third kappa shape index (κ3) is 4.35. The minimum atomic E-state index is -1.13. The van der Waals surface area contributed by atoms with Crippen molar-refractivity contribution >= 4 is 51.8 Å². The number of carbonyl (C=O) groups is 2. The third-order valence-corrected chi connectivity index (χ3v) is 3.69. The molecular weight excluding hydrogens is 381 g/mol. The Morgan fingerprint density at radius 2 is 1.95 bits per heavy atom. The largest absolute Gasteiger partial charge is 0.481 e. The fourth-order valence-corrected chi connectivity index (χ4v) is 2.68. The van der Waals surface area contributed by atoms with E-state index in [1.54, 1.807) is 39.0 Å². The van der Waals surface area contributed by atoms with Crippen LogP contribution in [0.25, 0.3) is 0 Å². The van der Waals surface area contributed by atoms with Crippen molar-refractivity contribution in [3.63, 3.8) is 0 Å². The van der Waals surface area contributed by atoms with Gasteiger partial charge in [0.05, 0.1) is 5.69 Å². The number of carboxylic acid groups (broad SMARTS) is 1. The second-order valence-corrected chi connectivity index (χ2v) is 6.85. The fraction of sp³-hybridized carbons (Fsp3) is 0.385. The molecule has 1 unspecified atom stereocenters. The Labute approximate surface area is 130 Å². The predicted octanol–water partition coefficient (Wildman–Crippen LogP) is 3.63. The number of hydrogen-bond donors (Lipinski definition) is 2. The summed E-state index contributed by atoms with van der Waals surface area (Å²) in [6.07, 6.45) is 0. The molecule has 0 aliphatic carbocycles. The van der Waals surface area contributed by atoms with Crippen LogP contribution in [0.15, 0.2) is 18.2 Å². The number of aliphatic carboxylic acids is 1. The molecule has 1 atom stereocenters. The van der Waals surface area contributed by atoms with E-state index in [0.717, 1.165) is 3.57 Å². The number of rotatable bonds is 3. The molecule has 2 N–H and O–H groups in total. The van der Waals surface area contributed by atoms with Crippen molar-refractivity contribution < 1.29 is 14.7 Å². The van der Waals surface area contributed by atoms with E-state index in [1.165, 1.54) is 0 Å². The van der Waals surface area contributed by atoms with Crippen LogP contribution in [0.2, 0.25) is 5.02 Å². The van der Waals surface area contributed by atoms with Gasteiger partial charge >= 0.3 is 5.97 Å². The van der Waals surface area contributed by atoms with Crippen LogP contribution in [-0.4, -0.2) is 17.0 Å². The molecule has 104 valence electrons. The van der Waals surface area contributed by atoms with Crippen LogP contribution in [-0.2, 0) is 9.59 Å². The molecular formula is C13H15ClINO3. The average molecular weight is 396 g/mol. The Morgan fingerprint density at radius 1 is 1.37 bits per heavy atom. The Balaban J connectivity index is 2.97. The minimum Gasteiger partial charge on any atom is -0.481 e. The number of amides is 1. The van der Waals surface area contributed by atoms with Crippen LogP contribution in [0.5, 0.6) is 0 Å². The van der Waals surface area contributed by atoms with Crippen LogP contribution >= 0.6 is 34.2 Å². The molecule has 0 spiro atoms. The maximum atomic E-state index is 12.1. The van der Waals surface area contributed by atoms with Crippen LogP contribution in [0.1, 0.15) is 20.8 Å². The number of hydrogen-bond acceptors (Lipinski definition) is 2. The van der Waals surface area contributed by atoms with Gasteiger partial charge < -0.3 is 10.4 Å². The summed E-state index contributed by atoms with van der Waals surface area (Å²) in [5.74, 6) is -2.77. The van der Waals surface area contributed by atoms with Crippen LogP contribution < -0.4 is 5.32 Å². The first-order chi connectivity index (χ1) is 8.62. The van der Waals surface area contributed by atoms with Gasteiger partial charge in [0.15, 0.2) is 0 Å². The van der Waals surface area contributed by atoms with E-state index in [1.807, 2.05) is 22.6 Å². The molecule has 19 heavy (non-hydrogen) atoms. The number of halogens is 2. The SMILES string of the molecule is CC(C)(C)C(C(=O)O)C(=O)Nc1ccc(Cl)cc1I. The zero-order valence-electron chi connectivity index (χ0n) is 10.8. The summed E-state index contributed by atoms with van der Waals surface area (Å²) >= 11 is 7.86. The van der Waals surface area contributed by atoms with Gasteiger partial charge in [-0.1, -0.05) is 32.4 Å². The summed E-state index contributed by atoms with van der Waals surface area (Å²) < 4.78 is 0.761. The second-order valence-electron chi connectivity index (χ2n) is 5.25. The van der Waals surface area contributed by atoms with Crippen molar-refractivity contribution in [3.8, 4) is 0 Å². The lowest BCUT2D eigenvalue weighted by Crippen LogP contribution is -2.39. The third-order valence-electron chi connectivity index (χ3n) is 2.56.